The summed E-state index contributed by atoms with van der Waals surface area (Å²) < 4.78 is 0. The second-order valence-corrected chi connectivity index (χ2v) is 3.14. The van der Waals surface area contributed by atoms with E-state index in [-0.39, 0.29) is 5.92 Å². The van der Waals surface area contributed by atoms with Crippen molar-refractivity contribution in [2.45, 2.75) is 19.8 Å². The Morgan fingerprint density at radius 2 is 2.46 bits per heavy atom. The molecule has 1 heterocycles. The molecule has 1 N–H and O–H groups in total. The number of nitrogens with zero attached hydrogens (tertiary/aromatic N) is 1. The Morgan fingerprint density at radius 1 is 1.69 bits per heavy atom. The van der Waals surface area contributed by atoms with Gasteiger partial charge in [-0.1, -0.05) is 13.0 Å². The minimum absolute atomic E-state index is 0.278. The first-order valence-electron chi connectivity index (χ1n) is 4.32. The normalized spacial score (nSPS) is 12.4. The molecule has 3 heteroatoms. The van der Waals surface area contributed by atoms with Crippen molar-refractivity contribution in [2.75, 3.05) is 0 Å². The number of aromatic nitrogens is 1. The summed E-state index contributed by atoms with van der Waals surface area (Å²) >= 11 is 0. The average molecular weight is 179 g/mol. The number of rotatable bonds is 4. The summed E-state index contributed by atoms with van der Waals surface area (Å²) in [4.78, 5) is 14.5. The van der Waals surface area contributed by atoms with Gasteiger partial charge in [0.05, 0.1) is 5.92 Å². The fourth-order valence-corrected chi connectivity index (χ4v) is 1.05. The molecule has 3 nitrogen and oxygen atoms in total. The molecule has 70 valence electrons. The molecule has 0 aliphatic rings. The predicted octanol–water partition coefficient (Wildman–Crippen LogP) is 1.73. The Morgan fingerprint density at radius 3 is 3.00 bits per heavy atom. The molecule has 0 saturated heterocycles. The topological polar surface area (TPSA) is 50.2 Å². The molecule has 1 atom stereocenters. The number of carbonyl (C=O) groups is 1. The lowest BCUT2D eigenvalue weighted by atomic mass is 10.0. The summed E-state index contributed by atoms with van der Waals surface area (Å²) in [6, 6.07) is 3.82. The second-order valence-electron chi connectivity index (χ2n) is 3.14. The number of pyridine rings is 1. The van der Waals surface area contributed by atoms with Crippen LogP contribution in [0.15, 0.2) is 24.5 Å². The van der Waals surface area contributed by atoms with Crippen LogP contribution < -0.4 is 0 Å². The van der Waals surface area contributed by atoms with Crippen LogP contribution in [0.3, 0.4) is 0 Å². The van der Waals surface area contributed by atoms with Crippen molar-refractivity contribution in [3.8, 4) is 0 Å². The lowest BCUT2D eigenvalue weighted by molar-refractivity contribution is -0.141. The van der Waals surface area contributed by atoms with Crippen LogP contribution >= 0.6 is 0 Å². The highest BCUT2D eigenvalue weighted by molar-refractivity contribution is 5.69. The summed E-state index contributed by atoms with van der Waals surface area (Å²) in [5.74, 6) is -1.01. The van der Waals surface area contributed by atoms with Crippen LogP contribution in [-0.2, 0) is 11.2 Å². The van der Waals surface area contributed by atoms with E-state index in [4.69, 9.17) is 5.11 Å². The monoisotopic (exact) mass is 179 g/mol. The maximum absolute atomic E-state index is 10.5. The van der Waals surface area contributed by atoms with Gasteiger partial charge in [0.15, 0.2) is 0 Å². The summed E-state index contributed by atoms with van der Waals surface area (Å²) in [5.41, 5.74) is 1.09. The number of hydrogen-bond acceptors (Lipinski definition) is 2. The quantitative estimate of drug-likeness (QED) is 0.765. The summed E-state index contributed by atoms with van der Waals surface area (Å²) in [6.07, 6.45) is 4.93. The van der Waals surface area contributed by atoms with Gasteiger partial charge in [0, 0.05) is 12.4 Å². The Bertz CT molecular complexity index is 272. The Balaban J connectivity index is 2.39. The van der Waals surface area contributed by atoms with Crippen molar-refractivity contribution in [1.29, 1.82) is 0 Å². The van der Waals surface area contributed by atoms with Crippen LogP contribution in [-0.4, -0.2) is 16.1 Å². The third-order valence-corrected chi connectivity index (χ3v) is 2.01. The van der Waals surface area contributed by atoms with Crippen molar-refractivity contribution in [2.24, 2.45) is 5.92 Å². The minimum atomic E-state index is -0.733. The van der Waals surface area contributed by atoms with Gasteiger partial charge in [0.2, 0.25) is 0 Å². The Kier molecular flexibility index (Phi) is 3.43. The molecule has 1 aromatic rings. The minimum Gasteiger partial charge on any atom is -0.481 e. The molecule has 0 aliphatic carbocycles. The van der Waals surface area contributed by atoms with Crippen LogP contribution in [0.2, 0.25) is 0 Å². The first-order chi connectivity index (χ1) is 6.20. The van der Waals surface area contributed by atoms with E-state index in [9.17, 15) is 4.79 Å². The molecule has 0 amide bonds. The van der Waals surface area contributed by atoms with Crippen LogP contribution in [0.5, 0.6) is 0 Å². The summed E-state index contributed by atoms with van der Waals surface area (Å²) in [5, 5.41) is 8.64. The van der Waals surface area contributed by atoms with E-state index in [1.165, 1.54) is 0 Å². The van der Waals surface area contributed by atoms with Gasteiger partial charge in [-0.2, -0.15) is 0 Å². The molecule has 1 unspecified atom stereocenters. The maximum atomic E-state index is 10.5. The van der Waals surface area contributed by atoms with Gasteiger partial charge in [0.25, 0.3) is 0 Å². The predicted molar refractivity (Wildman–Crippen MR) is 49.4 cm³/mol. The highest BCUT2D eigenvalue weighted by atomic mass is 16.4. The van der Waals surface area contributed by atoms with Gasteiger partial charge < -0.3 is 5.11 Å². The van der Waals surface area contributed by atoms with E-state index in [2.05, 4.69) is 4.98 Å². The fraction of sp³-hybridized carbons (Fsp3) is 0.400. The molecule has 1 rings (SSSR count). The van der Waals surface area contributed by atoms with Crippen LogP contribution in [0.4, 0.5) is 0 Å². The van der Waals surface area contributed by atoms with Gasteiger partial charge in [0.1, 0.15) is 0 Å². The molecule has 0 saturated carbocycles. The SMILES string of the molecule is CC(CCc1cccnc1)C(=O)O. The van der Waals surface area contributed by atoms with E-state index in [1.54, 1.807) is 19.3 Å². The first kappa shape index (κ1) is 9.71. The van der Waals surface area contributed by atoms with E-state index in [0.717, 1.165) is 12.0 Å². The highest BCUT2D eigenvalue weighted by Gasteiger charge is 2.09. The third kappa shape index (κ3) is 3.23. The van der Waals surface area contributed by atoms with Crippen molar-refractivity contribution in [3.05, 3.63) is 30.1 Å². The fourth-order valence-electron chi connectivity index (χ4n) is 1.05. The molecule has 13 heavy (non-hydrogen) atoms. The molecular formula is C10H13NO2. The van der Waals surface area contributed by atoms with E-state index >= 15 is 0 Å². The number of aliphatic carboxylic acids is 1. The first-order valence-corrected chi connectivity index (χ1v) is 4.32. The Labute approximate surface area is 77.4 Å². The molecule has 0 fully saturated rings. The van der Waals surface area contributed by atoms with Crippen molar-refractivity contribution < 1.29 is 9.90 Å². The van der Waals surface area contributed by atoms with Crippen LogP contribution in [0, 0.1) is 5.92 Å². The van der Waals surface area contributed by atoms with Crippen LogP contribution in [0.25, 0.3) is 0 Å². The van der Waals surface area contributed by atoms with E-state index in [0.29, 0.717) is 6.42 Å². The summed E-state index contributed by atoms with van der Waals surface area (Å²) in [6.45, 7) is 1.72. The van der Waals surface area contributed by atoms with Crippen molar-refractivity contribution in [3.63, 3.8) is 0 Å². The molecular weight excluding hydrogens is 166 g/mol. The number of aryl methyl sites for hydroxylation is 1. The number of carboxylic acids is 1. The molecule has 0 aromatic carbocycles. The lowest BCUT2D eigenvalue weighted by Gasteiger charge is -2.04. The number of hydrogen-bond donors (Lipinski definition) is 1. The highest BCUT2D eigenvalue weighted by Crippen LogP contribution is 2.08. The molecule has 0 bridgehead atoms. The van der Waals surface area contributed by atoms with Gasteiger partial charge in [-0.25, -0.2) is 0 Å². The zero-order chi connectivity index (χ0) is 9.68. The third-order valence-electron chi connectivity index (χ3n) is 2.01. The average Bonchev–Trinajstić information content (AvgIpc) is 2.15. The van der Waals surface area contributed by atoms with Crippen LogP contribution in [0.1, 0.15) is 18.9 Å². The molecule has 0 aliphatic heterocycles. The second kappa shape index (κ2) is 4.60. The van der Waals surface area contributed by atoms with Crippen molar-refractivity contribution >= 4 is 5.97 Å². The van der Waals surface area contributed by atoms with E-state index in [1.807, 2.05) is 12.1 Å². The molecule has 0 spiro atoms. The number of carboxylic acid groups (broad SMARTS) is 1. The maximum Gasteiger partial charge on any atom is 0.306 e. The van der Waals surface area contributed by atoms with E-state index < -0.39 is 5.97 Å². The standard InChI is InChI=1S/C10H13NO2/c1-8(10(12)13)4-5-9-3-2-6-11-7-9/h2-3,6-8H,4-5H2,1H3,(H,12,13). The van der Waals surface area contributed by atoms with Crippen molar-refractivity contribution in [1.82, 2.24) is 4.98 Å². The van der Waals surface area contributed by atoms with Gasteiger partial charge in [-0.3, -0.25) is 9.78 Å². The smallest absolute Gasteiger partial charge is 0.306 e. The largest absolute Gasteiger partial charge is 0.481 e. The van der Waals surface area contributed by atoms with Gasteiger partial charge in [-0.15, -0.1) is 0 Å². The Hall–Kier alpha value is -1.38. The van der Waals surface area contributed by atoms with Gasteiger partial charge >= 0.3 is 5.97 Å². The zero-order valence-electron chi connectivity index (χ0n) is 7.60. The summed E-state index contributed by atoms with van der Waals surface area (Å²) in [7, 11) is 0. The molecule has 1 aromatic heterocycles. The molecule has 0 radical (unpaired) electrons. The lowest BCUT2D eigenvalue weighted by Crippen LogP contribution is -2.10. The van der Waals surface area contributed by atoms with Gasteiger partial charge in [-0.05, 0) is 24.5 Å². The zero-order valence-corrected chi connectivity index (χ0v) is 7.60.